The number of hydrogen-bond donors (Lipinski definition) is 0. The third-order valence-electron chi connectivity index (χ3n) is 1.32. The van der Waals surface area contributed by atoms with E-state index in [1.54, 1.807) is 24.5 Å². The number of aromatic amines is 1. The summed E-state index contributed by atoms with van der Waals surface area (Å²) >= 11 is 0. The Morgan fingerprint density at radius 2 is 1.79 bits per heavy atom. The molecule has 1 N–H and O–H groups in total. The van der Waals surface area contributed by atoms with E-state index in [2.05, 4.69) is 9.72 Å². The van der Waals surface area contributed by atoms with Crippen LogP contribution >= 0.6 is 0 Å². The largest absolute Gasteiger partial charge is 1.00 e. The highest BCUT2D eigenvalue weighted by Gasteiger charge is 2.27. The van der Waals surface area contributed by atoms with E-state index in [9.17, 15) is 13.2 Å². The molecule has 0 aliphatic rings. The van der Waals surface area contributed by atoms with Crippen LogP contribution in [0.4, 0.5) is 13.2 Å². The predicted octanol–water partition coefficient (Wildman–Crippen LogP) is -1.42. The van der Waals surface area contributed by atoms with Crippen LogP contribution in [-0.2, 0) is 11.3 Å². The second-order valence-corrected chi connectivity index (χ2v) is 2.52. The van der Waals surface area contributed by atoms with Crippen LogP contribution in [0, 0.1) is 0 Å². The van der Waals surface area contributed by atoms with Crippen molar-refractivity contribution in [3.05, 3.63) is 30.1 Å². The molecule has 0 saturated heterocycles. The van der Waals surface area contributed by atoms with Gasteiger partial charge in [0.25, 0.3) is 0 Å². The van der Waals surface area contributed by atoms with E-state index >= 15 is 0 Å². The minimum atomic E-state index is -4.25. The molecule has 1 aromatic heterocycles. The summed E-state index contributed by atoms with van der Waals surface area (Å²) in [6, 6.07) is 3.33. The Labute approximate surface area is 85.5 Å². The van der Waals surface area contributed by atoms with Gasteiger partial charge in [-0.2, -0.15) is 13.2 Å². The summed E-state index contributed by atoms with van der Waals surface area (Å²) in [4.78, 5) is 2.76. The molecule has 0 saturated carbocycles. The van der Waals surface area contributed by atoms with Crippen LogP contribution in [0.15, 0.2) is 24.5 Å². The normalized spacial score (nSPS) is 10.8. The van der Waals surface area contributed by atoms with Gasteiger partial charge in [0.2, 0.25) is 0 Å². The minimum Gasteiger partial charge on any atom is -1.00 e. The van der Waals surface area contributed by atoms with E-state index in [1.165, 1.54) is 0 Å². The number of hydrogen-bond acceptors (Lipinski definition) is 1. The molecule has 0 radical (unpaired) electrons. The first-order valence-electron chi connectivity index (χ1n) is 3.67. The highest BCUT2D eigenvalue weighted by Crippen LogP contribution is 2.15. The van der Waals surface area contributed by atoms with Gasteiger partial charge in [-0.1, -0.05) is 0 Å². The second kappa shape index (κ2) is 5.82. The van der Waals surface area contributed by atoms with Crippen molar-refractivity contribution < 1.29 is 35.3 Å². The van der Waals surface area contributed by atoms with Gasteiger partial charge in [0, 0.05) is 12.1 Å². The molecule has 0 atom stereocenters. The SMILES string of the molecule is FC(F)(F)COCc1cc[nH+]cc1.[Cl-]. The van der Waals surface area contributed by atoms with Gasteiger partial charge in [-0.3, -0.25) is 0 Å². The van der Waals surface area contributed by atoms with Crippen LogP contribution in [0.1, 0.15) is 5.56 Å². The van der Waals surface area contributed by atoms with Gasteiger partial charge in [0.05, 0.1) is 6.61 Å². The quantitative estimate of drug-likeness (QED) is 0.622. The number of alkyl halides is 3. The second-order valence-electron chi connectivity index (χ2n) is 2.52. The standard InChI is InChI=1S/C8H8F3NO.ClH/c9-8(10,11)6-13-5-7-1-3-12-4-2-7;/h1-4H,5-6H2;1H. The number of rotatable bonds is 3. The minimum absolute atomic E-state index is 0. The van der Waals surface area contributed by atoms with Crippen molar-refractivity contribution in [2.45, 2.75) is 12.8 Å². The number of nitrogens with one attached hydrogen (secondary N) is 1. The number of aromatic nitrogens is 1. The molecule has 1 heterocycles. The fourth-order valence-corrected chi connectivity index (χ4v) is 0.802. The maximum atomic E-state index is 11.6. The Morgan fingerprint density at radius 1 is 1.21 bits per heavy atom. The summed E-state index contributed by atoms with van der Waals surface area (Å²) in [6.45, 7) is -1.22. The fourth-order valence-electron chi connectivity index (χ4n) is 0.802. The van der Waals surface area contributed by atoms with Crippen LogP contribution < -0.4 is 17.4 Å². The molecule has 14 heavy (non-hydrogen) atoms. The highest BCUT2D eigenvalue weighted by atomic mass is 35.5. The maximum Gasteiger partial charge on any atom is 0.411 e. The van der Waals surface area contributed by atoms with E-state index < -0.39 is 12.8 Å². The zero-order chi connectivity index (χ0) is 9.73. The van der Waals surface area contributed by atoms with Crippen molar-refractivity contribution in [1.29, 1.82) is 0 Å². The Hall–Kier alpha value is -0.810. The molecule has 0 aliphatic carbocycles. The first kappa shape index (κ1) is 13.2. The summed E-state index contributed by atoms with van der Waals surface area (Å²) in [5.41, 5.74) is 0.711. The molecule has 6 heteroatoms. The summed E-state index contributed by atoms with van der Waals surface area (Å²) in [5, 5.41) is 0. The van der Waals surface area contributed by atoms with Crippen molar-refractivity contribution in [3.8, 4) is 0 Å². The zero-order valence-electron chi connectivity index (χ0n) is 7.14. The maximum absolute atomic E-state index is 11.6. The molecule has 0 bridgehead atoms. The Bertz CT molecular complexity index is 253. The summed E-state index contributed by atoms with van der Waals surface area (Å²) in [7, 11) is 0. The Morgan fingerprint density at radius 3 is 2.29 bits per heavy atom. The lowest BCUT2D eigenvalue weighted by Gasteiger charge is -2.06. The predicted molar refractivity (Wildman–Crippen MR) is 38.7 cm³/mol. The van der Waals surface area contributed by atoms with Crippen LogP contribution in [0.2, 0.25) is 0 Å². The van der Waals surface area contributed by atoms with Crippen molar-refractivity contribution in [2.24, 2.45) is 0 Å². The molecule has 0 aromatic carbocycles. The monoisotopic (exact) mass is 227 g/mol. The average Bonchev–Trinajstić information content (AvgIpc) is 2.04. The lowest BCUT2D eigenvalue weighted by molar-refractivity contribution is -0.378. The fraction of sp³-hybridized carbons (Fsp3) is 0.375. The molecule has 0 amide bonds. The smallest absolute Gasteiger partial charge is 0.411 e. The van der Waals surface area contributed by atoms with Crippen molar-refractivity contribution in [3.63, 3.8) is 0 Å². The third-order valence-corrected chi connectivity index (χ3v) is 1.32. The van der Waals surface area contributed by atoms with Gasteiger partial charge < -0.3 is 17.1 Å². The van der Waals surface area contributed by atoms with Crippen LogP contribution in [-0.4, -0.2) is 12.8 Å². The molecule has 0 fully saturated rings. The molecule has 2 nitrogen and oxygen atoms in total. The molecule has 0 unspecified atom stereocenters. The molecule has 1 aromatic rings. The summed E-state index contributed by atoms with van der Waals surface area (Å²) in [5.74, 6) is 0. The highest BCUT2D eigenvalue weighted by molar-refractivity contribution is 5.05. The van der Waals surface area contributed by atoms with Crippen molar-refractivity contribution in [1.82, 2.24) is 0 Å². The topological polar surface area (TPSA) is 23.4 Å². The molecule has 0 aliphatic heterocycles. The lowest BCUT2D eigenvalue weighted by atomic mass is 10.3. The van der Waals surface area contributed by atoms with Crippen LogP contribution in [0.25, 0.3) is 0 Å². The molecule has 1 rings (SSSR count). The van der Waals surface area contributed by atoms with Gasteiger partial charge in [-0.15, -0.1) is 0 Å². The number of ether oxygens (including phenoxy) is 1. The van der Waals surface area contributed by atoms with Crippen LogP contribution in [0.3, 0.4) is 0 Å². The molecular formula is C8H9ClF3NO. The average molecular weight is 228 g/mol. The lowest BCUT2D eigenvalue weighted by Crippen LogP contribution is -3.00. The van der Waals surface area contributed by atoms with E-state index in [-0.39, 0.29) is 19.0 Å². The van der Waals surface area contributed by atoms with E-state index in [0.29, 0.717) is 5.56 Å². The summed E-state index contributed by atoms with van der Waals surface area (Å²) < 4.78 is 39.3. The first-order chi connectivity index (χ1) is 6.08. The van der Waals surface area contributed by atoms with Crippen molar-refractivity contribution >= 4 is 0 Å². The number of H-pyrrole nitrogens is 1. The van der Waals surface area contributed by atoms with E-state index in [1.807, 2.05) is 0 Å². The number of halogens is 4. The van der Waals surface area contributed by atoms with Crippen molar-refractivity contribution in [2.75, 3.05) is 6.61 Å². The van der Waals surface area contributed by atoms with Gasteiger partial charge >= 0.3 is 6.18 Å². The van der Waals surface area contributed by atoms with Crippen LogP contribution in [0.5, 0.6) is 0 Å². The van der Waals surface area contributed by atoms with E-state index in [4.69, 9.17) is 0 Å². The number of pyridine rings is 1. The zero-order valence-corrected chi connectivity index (χ0v) is 7.90. The molecular weight excluding hydrogens is 219 g/mol. The Kier molecular flexibility index (Phi) is 5.49. The van der Waals surface area contributed by atoms with E-state index in [0.717, 1.165) is 0 Å². The van der Waals surface area contributed by atoms with Gasteiger partial charge in [-0.25, -0.2) is 4.98 Å². The third kappa shape index (κ3) is 5.77. The summed E-state index contributed by atoms with van der Waals surface area (Å²) in [6.07, 6.45) is -0.987. The van der Waals surface area contributed by atoms with Gasteiger partial charge in [0.1, 0.15) is 6.61 Å². The van der Waals surface area contributed by atoms with Gasteiger partial charge in [-0.05, 0) is 5.56 Å². The first-order valence-corrected chi connectivity index (χ1v) is 3.67. The molecule has 80 valence electrons. The Balaban J connectivity index is 0.00000169. The van der Waals surface area contributed by atoms with Gasteiger partial charge in [0.15, 0.2) is 12.4 Å². The molecule has 0 spiro atoms.